The minimum absolute atomic E-state index is 0.0144. The maximum atomic E-state index is 13.3. The Morgan fingerprint density at radius 3 is 2.86 bits per heavy atom. The van der Waals surface area contributed by atoms with Crippen molar-refractivity contribution in [3.8, 4) is 6.07 Å². The van der Waals surface area contributed by atoms with Crippen LogP contribution in [0.1, 0.15) is 23.5 Å². The van der Waals surface area contributed by atoms with Gasteiger partial charge < -0.3 is 5.32 Å². The van der Waals surface area contributed by atoms with Crippen LogP contribution in [0.3, 0.4) is 0 Å². The Morgan fingerprint density at radius 1 is 1.29 bits per heavy atom. The highest BCUT2D eigenvalue weighted by atomic mass is 32.1. The molecule has 3 rings (SSSR count). The molecule has 1 atom stereocenters. The van der Waals surface area contributed by atoms with Gasteiger partial charge in [-0.15, -0.1) is 11.3 Å². The van der Waals surface area contributed by atoms with E-state index in [-0.39, 0.29) is 11.6 Å². The molecule has 3 aromatic rings. The van der Waals surface area contributed by atoms with Crippen molar-refractivity contribution in [3.63, 3.8) is 0 Å². The lowest BCUT2D eigenvalue weighted by Crippen LogP contribution is -2.06. The summed E-state index contributed by atoms with van der Waals surface area (Å²) in [6, 6.07) is 14.2. The van der Waals surface area contributed by atoms with E-state index in [2.05, 4.69) is 10.3 Å². The third-order valence-corrected chi connectivity index (χ3v) is 4.37. The number of hydrogen-bond acceptors (Lipinski definition) is 4. The summed E-state index contributed by atoms with van der Waals surface area (Å²) in [5.41, 5.74) is 1.72. The highest BCUT2D eigenvalue weighted by Gasteiger charge is 2.12. The lowest BCUT2D eigenvalue weighted by atomic mass is 10.2. The van der Waals surface area contributed by atoms with E-state index in [1.54, 1.807) is 17.4 Å². The van der Waals surface area contributed by atoms with Gasteiger partial charge in [-0.25, -0.2) is 9.37 Å². The van der Waals surface area contributed by atoms with Crippen LogP contribution in [0.15, 0.2) is 42.5 Å². The summed E-state index contributed by atoms with van der Waals surface area (Å²) >= 11 is 1.63. The van der Waals surface area contributed by atoms with Crippen molar-refractivity contribution in [1.82, 2.24) is 4.98 Å². The number of hydrogen-bond donors (Lipinski definition) is 1. The highest BCUT2D eigenvalue weighted by molar-refractivity contribution is 7.18. The summed E-state index contributed by atoms with van der Waals surface area (Å²) in [5.74, 6) is -0.504. The van der Waals surface area contributed by atoms with Crippen molar-refractivity contribution < 1.29 is 4.39 Å². The van der Waals surface area contributed by atoms with Gasteiger partial charge in [0.25, 0.3) is 0 Å². The van der Waals surface area contributed by atoms with Gasteiger partial charge in [-0.2, -0.15) is 5.26 Å². The van der Waals surface area contributed by atoms with Crippen LogP contribution < -0.4 is 5.32 Å². The predicted molar refractivity (Wildman–Crippen MR) is 82.8 cm³/mol. The molecule has 3 nitrogen and oxygen atoms in total. The molecule has 0 spiro atoms. The zero-order valence-corrected chi connectivity index (χ0v) is 12.1. The number of aromatic nitrogens is 1. The first-order valence-corrected chi connectivity index (χ1v) is 7.30. The molecular weight excluding hydrogens is 285 g/mol. The predicted octanol–water partition coefficient (Wildman–Crippen LogP) is 4.48. The number of halogens is 1. The molecule has 0 aliphatic rings. The summed E-state index contributed by atoms with van der Waals surface area (Å²) in [6.07, 6.45) is 0. The summed E-state index contributed by atoms with van der Waals surface area (Å²) in [4.78, 5) is 4.59. The van der Waals surface area contributed by atoms with Crippen LogP contribution in [0, 0.1) is 17.1 Å². The van der Waals surface area contributed by atoms with Crippen LogP contribution in [0.25, 0.3) is 10.2 Å². The summed E-state index contributed by atoms with van der Waals surface area (Å²) in [6.45, 7) is 1.99. The molecule has 2 aromatic carbocycles. The van der Waals surface area contributed by atoms with Gasteiger partial charge >= 0.3 is 0 Å². The van der Waals surface area contributed by atoms with E-state index in [0.717, 1.165) is 15.2 Å². The van der Waals surface area contributed by atoms with E-state index in [9.17, 15) is 4.39 Å². The second-order valence-corrected chi connectivity index (χ2v) is 5.75. The molecule has 1 N–H and O–H groups in total. The fourth-order valence-electron chi connectivity index (χ4n) is 2.09. The first-order valence-electron chi connectivity index (χ1n) is 6.49. The molecule has 0 aliphatic carbocycles. The number of anilines is 1. The van der Waals surface area contributed by atoms with E-state index < -0.39 is 5.82 Å². The molecule has 0 bridgehead atoms. The number of nitrogens with zero attached hydrogens (tertiary/aromatic N) is 2. The van der Waals surface area contributed by atoms with Crippen LogP contribution >= 0.6 is 11.3 Å². The average Bonchev–Trinajstić information content (AvgIpc) is 2.93. The first kappa shape index (κ1) is 13.5. The van der Waals surface area contributed by atoms with Gasteiger partial charge in [0.2, 0.25) is 0 Å². The van der Waals surface area contributed by atoms with E-state index >= 15 is 0 Å². The normalized spacial score (nSPS) is 12.0. The number of fused-ring (bicyclic) bond motifs is 1. The molecule has 21 heavy (non-hydrogen) atoms. The molecule has 0 saturated heterocycles. The standard InChI is InChI=1S/C16H12FN3S/c1-10(16-20-14-4-2-3-5-15(14)21-16)19-12-6-7-13(17)11(8-12)9-18/h2-8,10,19H,1H3. The van der Waals surface area contributed by atoms with Gasteiger partial charge in [0.1, 0.15) is 16.9 Å². The van der Waals surface area contributed by atoms with Crippen LogP contribution in [-0.4, -0.2) is 4.98 Å². The number of benzene rings is 2. The Bertz CT molecular complexity index is 802. The van der Waals surface area contributed by atoms with Gasteiger partial charge in [0.15, 0.2) is 0 Å². The SMILES string of the molecule is CC(Nc1ccc(F)c(C#N)c1)c1nc2ccccc2s1. The van der Waals surface area contributed by atoms with Crippen LogP contribution in [0.2, 0.25) is 0 Å². The van der Waals surface area contributed by atoms with Crippen molar-refractivity contribution in [1.29, 1.82) is 5.26 Å². The number of nitrogens with one attached hydrogen (secondary N) is 1. The van der Waals surface area contributed by atoms with Crippen LogP contribution in [0.5, 0.6) is 0 Å². The van der Waals surface area contributed by atoms with Gasteiger partial charge in [-0.3, -0.25) is 0 Å². The molecule has 1 unspecified atom stereocenters. The maximum absolute atomic E-state index is 13.3. The Morgan fingerprint density at radius 2 is 2.10 bits per heavy atom. The Labute approximate surface area is 125 Å². The van der Waals surface area contributed by atoms with Crippen molar-refractivity contribution in [2.45, 2.75) is 13.0 Å². The minimum atomic E-state index is -0.504. The third-order valence-electron chi connectivity index (χ3n) is 3.15. The number of para-hydroxylation sites is 1. The summed E-state index contributed by atoms with van der Waals surface area (Å²) in [7, 11) is 0. The zero-order valence-electron chi connectivity index (χ0n) is 11.3. The molecule has 104 valence electrons. The van der Waals surface area contributed by atoms with Gasteiger partial charge in [-0.05, 0) is 37.3 Å². The second-order valence-electron chi connectivity index (χ2n) is 4.69. The number of rotatable bonds is 3. The van der Waals surface area contributed by atoms with E-state index in [0.29, 0.717) is 5.69 Å². The molecular formula is C16H12FN3S. The molecule has 0 aliphatic heterocycles. The molecule has 5 heteroatoms. The lowest BCUT2D eigenvalue weighted by molar-refractivity contribution is 0.624. The minimum Gasteiger partial charge on any atom is -0.376 e. The van der Waals surface area contributed by atoms with Crippen molar-refractivity contribution in [2.75, 3.05) is 5.32 Å². The van der Waals surface area contributed by atoms with Crippen molar-refractivity contribution in [2.24, 2.45) is 0 Å². The maximum Gasteiger partial charge on any atom is 0.141 e. The van der Waals surface area contributed by atoms with E-state index in [4.69, 9.17) is 5.26 Å². The van der Waals surface area contributed by atoms with Crippen LogP contribution in [0.4, 0.5) is 10.1 Å². The Kier molecular flexibility index (Phi) is 3.55. The molecule has 1 heterocycles. The molecule has 0 amide bonds. The monoisotopic (exact) mass is 297 g/mol. The zero-order chi connectivity index (χ0) is 14.8. The summed E-state index contributed by atoms with van der Waals surface area (Å²) in [5, 5.41) is 13.1. The summed E-state index contributed by atoms with van der Waals surface area (Å²) < 4.78 is 14.4. The third kappa shape index (κ3) is 2.71. The quantitative estimate of drug-likeness (QED) is 0.775. The second kappa shape index (κ2) is 5.51. The molecule has 0 saturated carbocycles. The Hall–Kier alpha value is -2.45. The van der Waals surface area contributed by atoms with E-state index in [1.807, 2.05) is 37.3 Å². The topological polar surface area (TPSA) is 48.7 Å². The lowest BCUT2D eigenvalue weighted by Gasteiger charge is -2.12. The van der Waals surface area contributed by atoms with E-state index in [1.165, 1.54) is 12.1 Å². The van der Waals surface area contributed by atoms with Crippen molar-refractivity contribution >= 4 is 27.2 Å². The fraction of sp³-hybridized carbons (Fsp3) is 0.125. The number of nitriles is 1. The van der Waals surface area contributed by atoms with Gasteiger partial charge in [0.05, 0.1) is 21.8 Å². The van der Waals surface area contributed by atoms with Crippen molar-refractivity contribution in [3.05, 3.63) is 58.9 Å². The first-order chi connectivity index (χ1) is 10.2. The average molecular weight is 297 g/mol. The largest absolute Gasteiger partial charge is 0.376 e. The fourth-order valence-corrected chi connectivity index (χ4v) is 3.06. The molecule has 1 aromatic heterocycles. The smallest absolute Gasteiger partial charge is 0.141 e. The molecule has 0 radical (unpaired) electrons. The number of thiazole rings is 1. The molecule has 0 fully saturated rings. The van der Waals surface area contributed by atoms with Crippen LogP contribution in [-0.2, 0) is 0 Å². The van der Waals surface area contributed by atoms with Gasteiger partial charge in [-0.1, -0.05) is 12.1 Å². The highest BCUT2D eigenvalue weighted by Crippen LogP contribution is 2.28. The van der Waals surface area contributed by atoms with Gasteiger partial charge in [0, 0.05) is 5.69 Å². The Balaban J connectivity index is 1.86.